The summed E-state index contributed by atoms with van der Waals surface area (Å²) in [5.74, 6) is 0.501. The van der Waals surface area contributed by atoms with E-state index in [9.17, 15) is 22.4 Å². The molecule has 2 aromatic heterocycles. The third kappa shape index (κ3) is 5.43. The molecule has 0 bridgehead atoms. The van der Waals surface area contributed by atoms with E-state index in [1.165, 1.54) is 4.31 Å². The van der Waals surface area contributed by atoms with E-state index in [4.69, 9.17) is 0 Å². The molecular formula is C26H24N5O4S3-. The normalized spacial score (nSPS) is 17.8. The van der Waals surface area contributed by atoms with Gasteiger partial charge in [-0.15, -0.1) is 11.3 Å². The van der Waals surface area contributed by atoms with Crippen molar-refractivity contribution in [1.82, 2.24) is 14.3 Å². The third-order valence-electron chi connectivity index (χ3n) is 6.52. The molecule has 1 aliphatic rings. The zero-order valence-electron chi connectivity index (χ0n) is 20.1. The van der Waals surface area contributed by atoms with E-state index < -0.39 is 32.5 Å². The Labute approximate surface area is 227 Å². The number of aromatic amines is 1. The quantitative estimate of drug-likeness (QED) is 0.323. The molecule has 0 saturated heterocycles. The highest BCUT2D eigenvalue weighted by atomic mass is 32.2. The van der Waals surface area contributed by atoms with Crippen LogP contribution in [0.4, 0.5) is 5.69 Å². The predicted octanol–water partition coefficient (Wildman–Crippen LogP) is 3.41. The van der Waals surface area contributed by atoms with E-state index in [-0.39, 0.29) is 23.7 Å². The van der Waals surface area contributed by atoms with Crippen LogP contribution in [0, 0.1) is 11.3 Å². The van der Waals surface area contributed by atoms with Crippen LogP contribution in [0.15, 0.2) is 82.6 Å². The van der Waals surface area contributed by atoms with Crippen molar-refractivity contribution >= 4 is 38.1 Å². The molecule has 2 unspecified atom stereocenters. The topological polar surface area (TPSA) is 133 Å². The first kappa shape index (κ1) is 26.3. The van der Waals surface area contributed by atoms with Gasteiger partial charge in [-0.25, -0.2) is 13.4 Å². The van der Waals surface area contributed by atoms with Gasteiger partial charge in [-0.2, -0.15) is 9.57 Å². The molecule has 5 rings (SSSR count). The summed E-state index contributed by atoms with van der Waals surface area (Å²) in [5.41, 5.74) is 2.43. The highest BCUT2D eigenvalue weighted by molar-refractivity contribution is 7.91. The van der Waals surface area contributed by atoms with E-state index in [1.54, 1.807) is 53.0 Å². The van der Waals surface area contributed by atoms with E-state index in [0.29, 0.717) is 29.1 Å². The van der Waals surface area contributed by atoms with Gasteiger partial charge in [-0.05, 0) is 58.3 Å². The maximum Gasteiger partial charge on any atom is 0.253 e. The summed E-state index contributed by atoms with van der Waals surface area (Å²) in [4.78, 5) is 8.91. The number of aromatic nitrogens is 2. The fourth-order valence-corrected chi connectivity index (χ4v) is 8.18. The fourth-order valence-electron chi connectivity index (χ4n) is 4.76. The molecule has 3 heterocycles. The average molecular weight is 567 g/mol. The Kier molecular flexibility index (Phi) is 7.73. The Bertz CT molecular complexity index is 1550. The number of rotatable bonds is 8. The van der Waals surface area contributed by atoms with Gasteiger partial charge < -0.3 is 14.4 Å². The van der Waals surface area contributed by atoms with Gasteiger partial charge in [0.1, 0.15) is 10.0 Å². The van der Waals surface area contributed by atoms with Gasteiger partial charge in [0.2, 0.25) is 0 Å². The van der Waals surface area contributed by atoms with Crippen LogP contribution in [0.1, 0.15) is 22.5 Å². The van der Waals surface area contributed by atoms with Crippen LogP contribution in [0.2, 0.25) is 0 Å². The monoisotopic (exact) mass is 566 g/mol. The minimum Gasteiger partial charge on any atom is -0.771 e. The van der Waals surface area contributed by atoms with Crippen molar-refractivity contribution in [2.75, 3.05) is 11.4 Å². The number of nitrogens with zero attached hydrogens (tertiary/aromatic N) is 4. The molecule has 2 aromatic carbocycles. The van der Waals surface area contributed by atoms with Gasteiger partial charge in [0, 0.05) is 43.6 Å². The first-order chi connectivity index (χ1) is 18.4. The van der Waals surface area contributed by atoms with Gasteiger partial charge in [0.15, 0.2) is 0 Å². The number of H-pyrrole nitrogens is 1. The summed E-state index contributed by atoms with van der Waals surface area (Å²) in [5, 5.41) is 10.3. The van der Waals surface area contributed by atoms with Crippen molar-refractivity contribution in [3.8, 4) is 6.07 Å². The zero-order valence-corrected chi connectivity index (χ0v) is 22.6. The van der Waals surface area contributed by atoms with Crippen LogP contribution >= 0.6 is 11.3 Å². The standard InChI is InChI=1S/C26H25N5O4S3/c27-16-20-8-9-23-21(13-20)17-31(38(34,35)26-7-4-12-36-26)22(14-19-5-2-1-3-6-19)18-30(23)25(37(32)33)15-24-28-10-11-29-24/h1-13,22,25H,14-15,17-18H2,(H,28,29)(H,32,33)/p-1/t22-,25?/m1/s1. The molecule has 4 aromatic rings. The van der Waals surface area contributed by atoms with Crippen molar-refractivity contribution in [3.63, 3.8) is 0 Å². The highest BCUT2D eigenvalue weighted by Gasteiger charge is 2.39. The van der Waals surface area contributed by atoms with Crippen LogP contribution < -0.4 is 4.90 Å². The molecule has 38 heavy (non-hydrogen) atoms. The Morgan fingerprint density at radius 2 is 2.03 bits per heavy atom. The van der Waals surface area contributed by atoms with Crippen molar-refractivity contribution < 1.29 is 17.2 Å². The maximum absolute atomic E-state index is 13.9. The second-order valence-electron chi connectivity index (χ2n) is 8.89. The maximum atomic E-state index is 13.9. The number of thiophene rings is 1. The Morgan fingerprint density at radius 1 is 1.21 bits per heavy atom. The molecule has 1 N–H and O–H groups in total. The number of imidazole rings is 1. The SMILES string of the molecule is N#Cc1ccc2c(c1)CN(S(=O)(=O)c1cccs1)[C@H](Cc1ccccc1)CN2C(Cc1ncc[nH]1)S(=O)[O-]. The molecule has 0 saturated carbocycles. The Morgan fingerprint density at radius 3 is 2.68 bits per heavy atom. The average Bonchev–Trinajstić information content (AvgIpc) is 3.62. The summed E-state index contributed by atoms with van der Waals surface area (Å²) in [6.07, 6.45) is 3.64. The van der Waals surface area contributed by atoms with Crippen LogP contribution in [-0.4, -0.2) is 49.4 Å². The Hall–Kier alpha value is -3.34. The molecule has 9 nitrogen and oxygen atoms in total. The van der Waals surface area contributed by atoms with Crippen molar-refractivity contribution in [1.29, 1.82) is 5.26 Å². The van der Waals surface area contributed by atoms with Gasteiger partial charge in [0.05, 0.1) is 17.0 Å². The minimum atomic E-state index is -3.92. The van der Waals surface area contributed by atoms with Gasteiger partial charge in [0.25, 0.3) is 10.0 Å². The minimum absolute atomic E-state index is 0.00193. The summed E-state index contributed by atoms with van der Waals surface area (Å²) in [7, 11) is -3.92. The summed E-state index contributed by atoms with van der Waals surface area (Å²) < 4.78 is 54.8. The van der Waals surface area contributed by atoms with Gasteiger partial charge >= 0.3 is 0 Å². The number of nitrogens with one attached hydrogen (secondary N) is 1. The lowest BCUT2D eigenvalue weighted by molar-refractivity contribution is 0.317. The van der Waals surface area contributed by atoms with E-state index in [0.717, 1.165) is 16.9 Å². The summed E-state index contributed by atoms with van der Waals surface area (Å²) in [6.45, 7) is 0.121. The molecular weight excluding hydrogens is 543 g/mol. The van der Waals surface area contributed by atoms with Crippen molar-refractivity contribution in [3.05, 3.63) is 101 Å². The van der Waals surface area contributed by atoms with E-state index >= 15 is 0 Å². The van der Waals surface area contributed by atoms with E-state index in [2.05, 4.69) is 16.0 Å². The number of anilines is 1. The largest absolute Gasteiger partial charge is 0.771 e. The molecule has 196 valence electrons. The molecule has 3 atom stereocenters. The zero-order chi connectivity index (χ0) is 26.7. The number of benzene rings is 2. The molecule has 0 radical (unpaired) electrons. The Balaban J connectivity index is 1.65. The van der Waals surface area contributed by atoms with Crippen LogP contribution in [0.25, 0.3) is 0 Å². The lowest BCUT2D eigenvalue weighted by Crippen LogP contribution is -2.49. The lowest BCUT2D eigenvalue weighted by Gasteiger charge is -2.37. The molecule has 12 heteroatoms. The molecule has 0 spiro atoms. The summed E-state index contributed by atoms with van der Waals surface area (Å²) in [6, 6.07) is 19.3. The summed E-state index contributed by atoms with van der Waals surface area (Å²) >= 11 is -1.41. The smallest absolute Gasteiger partial charge is 0.253 e. The van der Waals surface area contributed by atoms with Gasteiger partial charge in [-0.1, -0.05) is 36.4 Å². The molecule has 0 fully saturated rings. The number of hydrogen-bond acceptors (Lipinski definition) is 8. The molecule has 0 aliphatic carbocycles. The lowest BCUT2D eigenvalue weighted by atomic mass is 10.1. The van der Waals surface area contributed by atoms with Crippen molar-refractivity contribution in [2.24, 2.45) is 0 Å². The fraction of sp³-hybridized carbons (Fsp3) is 0.231. The van der Waals surface area contributed by atoms with Crippen LogP contribution in [0.5, 0.6) is 0 Å². The van der Waals surface area contributed by atoms with Crippen molar-refractivity contribution in [2.45, 2.75) is 35.0 Å². The second-order valence-corrected chi connectivity index (χ2v) is 13.0. The van der Waals surface area contributed by atoms with Crippen LogP contribution in [0.3, 0.4) is 0 Å². The van der Waals surface area contributed by atoms with E-state index in [1.807, 2.05) is 30.3 Å². The molecule has 1 aliphatic heterocycles. The van der Waals surface area contributed by atoms with Crippen LogP contribution in [-0.2, 0) is 40.5 Å². The van der Waals surface area contributed by atoms with Gasteiger partial charge in [-0.3, -0.25) is 4.21 Å². The second kappa shape index (κ2) is 11.2. The highest BCUT2D eigenvalue weighted by Crippen LogP contribution is 2.35. The molecule has 0 amide bonds. The number of sulfonamides is 1. The number of nitriles is 1. The number of hydrogen-bond donors (Lipinski definition) is 1. The first-order valence-electron chi connectivity index (χ1n) is 11.8. The third-order valence-corrected chi connectivity index (χ3v) is 10.7. The predicted molar refractivity (Wildman–Crippen MR) is 144 cm³/mol. The first-order valence-corrected chi connectivity index (χ1v) is 15.3. The number of fused-ring (bicyclic) bond motifs is 1.